The predicted octanol–water partition coefficient (Wildman–Crippen LogP) is 0.956. The van der Waals surface area contributed by atoms with Crippen molar-refractivity contribution in [3.05, 3.63) is 35.9 Å². The van der Waals surface area contributed by atoms with Gasteiger partial charge in [0, 0.05) is 18.7 Å². The van der Waals surface area contributed by atoms with Gasteiger partial charge in [-0.15, -0.1) is 0 Å². The van der Waals surface area contributed by atoms with Gasteiger partial charge < -0.3 is 15.4 Å². The Bertz CT molecular complexity index is 420. The van der Waals surface area contributed by atoms with Crippen LogP contribution in [0.1, 0.15) is 24.2 Å². The van der Waals surface area contributed by atoms with E-state index in [2.05, 4.69) is 10.6 Å². The molecule has 0 saturated heterocycles. The first kappa shape index (κ1) is 15.2. The monoisotopic (exact) mass is 264 g/mol. The molecule has 0 aromatic heterocycles. The Labute approximate surface area is 113 Å². The Balaban J connectivity index is 2.48. The van der Waals surface area contributed by atoms with Crippen molar-refractivity contribution in [1.82, 2.24) is 10.6 Å². The maximum absolute atomic E-state index is 11.9. The summed E-state index contributed by atoms with van der Waals surface area (Å²) in [6.45, 7) is 3.92. The van der Waals surface area contributed by atoms with E-state index in [9.17, 15) is 9.59 Å². The highest BCUT2D eigenvalue weighted by atomic mass is 16.5. The Morgan fingerprint density at radius 3 is 2.37 bits per heavy atom. The number of carbonyl (C=O) groups excluding carboxylic acids is 2. The minimum Gasteiger partial charge on any atom is -0.383 e. The van der Waals surface area contributed by atoms with E-state index in [4.69, 9.17) is 4.74 Å². The van der Waals surface area contributed by atoms with E-state index in [-0.39, 0.29) is 17.9 Å². The standard InChI is InChI=1S/C14H20N2O3/c1-10(9-19-3)15-13(17)11(2)16-14(18)12-7-5-4-6-8-12/h4-8,10-11H,9H2,1-3H3,(H,15,17)(H,16,18). The maximum atomic E-state index is 11.9. The number of ether oxygens (including phenoxy) is 1. The molecule has 0 aliphatic rings. The van der Waals surface area contributed by atoms with Gasteiger partial charge in [0.1, 0.15) is 6.04 Å². The van der Waals surface area contributed by atoms with Crippen LogP contribution in [0.4, 0.5) is 0 Å². The molecule has 0 heterocycles. The first-order valence-electron chi connectivity index (χ1n) is 6.19. The van der Waals surface area contributed by atoms with Crippen molar-refractivity contribution in [1.29, 1.82) is 0 Å². The maximum Gasteiger partial charge on any atom is 0.251 e. The second-order valence-corrected chi connectivity index (χ2v) is 4.43. The number of methoxy groups -OCH3 is 1. The summed E-state index contributed by atoms with van der Waals surface area (Å²) in [7, 11) is 1.57. The number of hydrogen-bond acceptors (Lipinski definition) is 3. The smallest absolute Gasteiger partial charge is 0.251 e. The van der Waals surface area contributed by atoms with Crippen LogP contribution in [0.2, 0.25) is 0 Å². The quantitative estimate of drug-likeness (QED) is 0.804. The van der Waals surface area contributed by atoms with Gasteiger partial charge in [-0.05, 0) is 26.0 Å². The van der Waals surface area contributed by atoms with E-state index < -0.39 is 6.04 Å². The Morgan fingerprint density at radius 2 is 1.79 bits per heavy atom. The van der Waals surface area contributed by atoms with Crippen molar-refractivity contribution < 1.29 is 14.3 Å². The summed E-state index contributed by atoms with van der Waals surface area (Å²) in [5.74, 6) is -0.489. The average molecular weight is 264 g/mol. The molecule has 2 atom stereocenters. The molecule has 0 aliphatic heterocycles. The third-order valence-corrected chi connectivity index (χ3v) is 2.58. The van der Waals surface area contributed by atoms with Crippen LogP contribution in [-0.2, 0) is 9.53 Å². The van der Waals surface area contributed by atoms with Gasteiger partial charge in [0.15, 0.2) is 0 Å². The number of hydrogen-bond donors (Lipinski definition) is 2. The minimum atomic E-state index is -0.591. The van der Waals surface area contributed by atoms with Crippen molar-refractivity contribution in [2.75, 3.05) is 13.7 Å². The molecule has 19 heavy (non-hydrogen) atoms. The van der Waals surface area contributed by atoms with Crippen molar-refractivity contribution in [3.8, 4) is 0 Å². The van der Waals surface area contributed by atoms with Crippen LogP contribution in [0, 0.1) is 0 Å². The van der Waals surface area contributed by atoms with Gasteiger partial charge in [-0.1, -0.05) is 18.2 Å². The SMILES string of the molecule is COCC(C)NC(=O)C(C)NC(=O)c1ccccc1. The lowest BCUT2D eigenvalue weighted by atomic mass is 10.2. The molecule has 0 aliphatic carbocycles. The summed E-state index contributed by atoms with van der Waals surface area (Å²) in [5, 5.41) is 5.41. The topological polar surface area (TPSA) is 67.4 Å². The highest BCUT2D eigenvalue weighted by molar-refractivity contribution is 5.97. The zero-order valence-electron chi connectivity index (χ0n) is 11.5. The molecule has 1 aromatic rings. The molecule has 1 rings (SSSR count). The lowest BCUT2D eigenvalue weighted by Crippen LogP contribution is -2.48. The third kappa shape index (κ3) is 5.09. The van der Waals surface area contributed by atoms with Crippen LogP contribution < -0.4 is 10.6 Å². The number of carbonyl (C=O) groups is 2. The highest BCUT2D eigenvalue weighted by Gasteiger charge is 2.17. The summed E-state index contributed by atoms with van der Waals surface area (Å²) >= 11 is 0. The zero-order chi connectivity index (χ0) is 14.3. The highest BCUT2D eigenvalue weighted by Crippen LogP contribution is 1.99. The lowest BCUT2D eigenvalue weighted by molar-refractivity contribution is -0.123. The third-order valence-electron chi connectivity index (χ3n) is 2.58. The first-order valence-corrected chi connectivity index (χ1v) is 6.19. The fourth-order valence-corrected chi connectivity index (χ4v) is 1.59. The van der Waals surface area contributed by atoms with E-state index in [0.29, 0.717) is 12.2 Å². The molecule has 104 valence electrons. The van der Waals surface area contributed by atoms with E-state index in [1.807, 2.05) is 13.0 Å². The average Bonchev–Trinajstić information content (AvgIpc) is 2.39. The second kappa shape index (κ2) is 7.53. The van der Waals surface area contributed by atoms with Gasteiger partial charge >= 0.3 is 0 Å². The van der Waals surface area contributed by atoms with Crippen molar-refractivity contribution in [2.45, 2.75) is 25.9 Å². The molecule has 2 unspecified atom stereocenters. The van der Waals surface area contributed by atoms with E-state index in [0.717, 1.165) is 0 Å². The largest absolute Gasteiger partial charge is 0.383 e. The Hall–Kier alpha value is -1.88. The van der Waals surface area contributed by atoms with Gasteiger partial charge in [-0.2, -0.15) is 0 Å². The molecular formula is C14H20N2O3. The van der Waals surface area contributed by atoms with E-state index >= 15 is 0 Å². The summed E-state index contributed by atoms with van der Waals surface area (Å²) in [6.07, 6.45) is 0. The van der Waals surface area contributed by atoms with Gasteiger partial charge in [0.2, 0.25) is 5.91 Å². The molecule has 1 aromatic carbocycles. The molecule has 0 spiro atoms. The Kier molecular flexibility index (Phi) is 6.02. The van der Waals surface area contributed by atoms with Gasteiger partial charge in [-0.3, -0.25) is 9.59 Å². The number of rotatable bonds is 6. The summed E-state index contributed by atoms with van der Waals surface area (Å²) in [5.41, 5.74) is 0.534. The summed E-state index contributed by atoms with van der Waals surface area (Å²) in [6, 6.07) is 8.11. The van der Waals surface area contributed by atoms with E-state index in [1.54, 1.807) is 38.3 Å². The molecule has 2 amide bonds. The number of benzene rings is 1. The molecule has 0 saturated carbocycles. The fraction of sp³-hybridized carbons (Fsp3) is 0.429. The molecular weight excluding hydrogens is 244 g/mol. The van der Waals surface area contributed by atoms with Gasteiger partial charge in [0.25, 0.3) is 5.91 Å². The van der Waals surface area contributed by atoms with Crippen LogP contribution in [-0.4, -0.2) is 37.6 Å². The molecule has 0 radical (unpaired) electrons. The number of nitrogens with one attached hydrogen (secondary N) is 2. The molecule has 0 fully saturated rings. The van der Waals surface area contributed by atoms with Crippen molar-refractivity contribution in [3.63, 3.8) is 0 Å². The van der Waals surface area contributed by atoms with Crippen LogP contribution in [0.15, 0.2) is 30.3 Å². The summed E-state index contributed by atoms with van der Waals surface area (Å²) < 4.78 is 4.93. The second-order valence-electron chi connectivity index (χ2n) is 4.43. The molecule has 5 nitrogen and oxygen atoms in total. The lowest BCUT2D eigenvalue weighted by Gasteiger charge is -2.18. The van der Waals surface area contributed by atoms with Crippen LogP contribution in [0.5, 0.6) is 0 Å². The zero-order valence-corrected chi connectivity index (χ0v) is 11.5. The minimum absolute atomic E-state index is 0.0893. The first-order chi connectivity index (χ1) is 9.04. The van der Waals surface area contributed by atoms with Crippen molar-refractivity contribution in [2.24, 2.45) is 0 Å². The van der Waals surface area contributed by atoms with Crippen LogP contribution in [0.25, 0.3) is 0 Å². The molecule has 2 N–H and O–H groups in total. The van der Waals surface area contributed by atoms with Gasteiger partial charge in [0.05, 0.1) is 6.61 Å². The van der Waals surface area contributed by atoms with E-state index in [1.165, 1.54) is 0 Å². The van der Waals surface area contributed by atoms with Crippen LogP contribution in [0.3, 0.4) is 0 Å². The van der Waals surface area contributed by atoms with Crippen molar-refractivity contribution >= 4 is 11.8 Å². The molecule has 0 bridgehead atoms. The molecule has 5 heteroatoms. The predicted molar refractivity (Wildman–Crippen MR) is 72.9 cm³/mol. The van der Waals surface area contributed by atoms with Crippen LogP contribution >= 0.6 is 0 Å². The summed E-state index contributed by atoms with van der Waals surface area (Å²) in [4.78, 5) is 23.7. The normalized spacial score (nSPS) is 13.4. The Morgan fingerprint density at radius 1 is 1.16 bits per heavy atom. The fourth-order valence-electron chi connectivity index (χ4n) is 1.59. The number of amides is 2. The van der Waals surface area contributed by atoms with Gasteiger partial charge in [-0.25, -0.2) is 0 Å².